The lowest BCUT2D eigenvalue weighted by atomic mass is 10.3. The molecule has 100 valence electrons. The summed E-state index contributed by atoms with van der Waals surface area (Å²) < 4.78 is 4.79. The zero-order chi connectivity index (χ0) is 13.5. The van der Waals surface area contributed by atoms with E-state index in [1.165, 1.54) is 12.5 Å². The second-order valence-electron chi connectivity index (χ2n) is 3.87. The van der Waals surface area contributed by atoms with Gasteiger partial charge in [-0.05, 0) is 6.07 Å². The third-order valence-electron chi connectivity index (χ3n) is 2.45. The highest BCUT2D eigenvalue weighted by atomic mass is 16.3. The van der Waals surface area contributed by atoms with Crippen molar-refractivity contribution in [3.63, 3.8) is 0 Å². The van der Waals surface area contributed by atoms with Gasteiger partial charge in [0.1, 0.15) is 6.26 Å². The standard InChI is InChI=1S/C12H14N4O3/c17-11(15-6-10-5-13-8-16-10)1-3-14-12(18)9-2-4-19-7-9/h2,4-5,7-8H,1,3,6H2,(H,13,16)(H,14,18)(H,15,17). The van der Waals surface area contributed by atoms with Crippen molar-refractivity contribution < 1.29 is 14.0 Å². The monoisotopic (exact) mass is 262 g/mol. The Bertz CT molecular complexity index is 519. The number of carbonyl (C=O) groups is 2. The Kier molecular flexibility index (Phi) is 4.33. The molecule has 0 aromatic carbocycles. The van der Waals surface area contributed by atoms with E-state index in [0.29, 0.717) is 12.1 Å². The lowest BCUT2D eigenvalue weighted by molar-refractivity contribution is -0.121. The van der Waals surface area contributed by atoms with Gasteiger partial charge in [-0.3, -0.25) is 9.59 Å². The van der Waals surface area contributed by atoms with E-state index in [4.69, 9.17) is 4.42 Å². The van der Waals surface area contributed by atoms with Gasteiger partial charge in [0.25, 0.3) is 5.91 Å². The molecule has 2 rings (SSSR count). The van der Waals surface area contributed by atoms with Crippen LogP contribution in [0.2, 0.25) is 0 Å². The maximum atomic E-state index is 11.5. The van der Waals surface area contributed by atoms with Crippen molar-refractivity contribution in [1.82, 2.24) is 20.6 Å². The smallest absolute Gasteiger partial charge is 0.254 e. The van der Waals surface area contributed by atoms with Gasteiger partial charge in [-0.1, -0.05) is 0 Å². The van der Waals surface area contributed by atoms with Gasteiger partial charge in [0.2, 0.25) is 5.91 Å². The highest BCUT2D eigenvalue weighted by molar-refractivity contribution is 5.93. The van der Waals surface area contributed by atoms with Crippen LogP contribution in [0.15, 0.2) is 35.5 Å². The SMILES string of the molecule is O=C(CCNC(=O)c1ccoc1)NCc1cnc[nH]1. The molecule has 0 aliphatic heterocycles. The van der Waals surface area contributed by atoms with Gasteiger partial charge in [-0.25, -0.2) is 4.98 Å². The topological polar surface area (TPSA) is 100 Å². The van der Waals surface area contributed by atoms with E-state index in [0.717, 1.165) is 5.69 Å². The van der Waals surface area contributed by atoms with Crippen LogP contribution < -0.4 is 10.6 Å². The zero-order valence-electron chi connectivity index (χ0n) is 10.2. The average molecular weight is 262 g/mol. The van der Waals surface area contributed by atoms with E-state index in [9.17, 15) is 9.59 Å². The number of rotatable bonds is 6. The van der Waals surface area contributed by atoms with Gasteiger partial charge in [0.05, 0.1) is 30.4 Å². The first-order valence-electron chi connectivity index (χ1n) is 5.80. The van der Waals surface area contributed by atoms with Crippen molar-refractivity contribution in [1.29, 1.82) is 0 Å². The molecule has 0 bridgehead atoms. The van der Waals surface area contributed by atoms with Crippen LogP contribution in [0.1, 0.15) is 22.5 Å². The average Bonchev–Trinajstić information content (AvgIpc) is 3.09. The molecular formula is C12H14N4O3. The molecule has 0 saturated heterocycles. The largest absolute Gasteiger partial charge is 0.472 e. The minimum absolute atomic E-state index is 0.137. The van der Waals surface area contributed by atoms with Crippen molar-refractivity contribution in [3.05, 3.63) is 42.4 Å². The molecule has 3 N–H and O–H groups in total. The van der Waals surface area contributed by atoms with E-state index in [2.05, 4.69) is 20.6 Å². The number of nitrogens with one attached hydrogen (secondary N) is 3. The molecule has 0 spiro atoms. The van der Waals surface area contributed by atoms with E-state index in [1.54, 1.807) is 18.6 Å². The molecule has 0 saturated carbocycles. The molecule has 0 unspecified atom stereocenters. The number of hydrogen-bond donors (Lipinski definition) is 3. The van der Waals surface area contributed by atoms with Gasteiger partial charge >= 0.3 is 0 Å². The Hall–Kier alpha value is -2.57. The molecule has 0 fully saturated rings. The van der Waals surface area contributed by atoms with Crippen molar-refractivity contribution >= 4 is 11.8 Å². The summed E-state index contributed by atoms with van der Waals surface area (Å²) in [5.41, 5.74) is 1.27. The lowest BCUT2D eigenvalue weighted by Crippen LogP contribution is -2.30. The summed E-state index contributed by atoms with van der Waals surface area (Å²) in [4.78, 5) is 29.7. The van der Waals surface area contributed by atoms with E-state index >= 15 is 0 Å². The Morgan fingerprint density at radius 2 is 2.26 bits per heavy atom. The Labute approximate surface area is 109 Å². The number of nitrogens with zero attached hydrogens (tertiary/aromatic N) is 1. The predicted octanol–water partition coefficient (Wildman–Crippen LogP) is 0.439. The zero-order valence-corrected chi connectivity index (χ0v) is 10.2. The number of carbonyl (C=O) groups excluding carboxylic acids is 2. The molecule has 0 aliphatic rings. The van der Waals surface area contributed by atoms with E-state index < -0.39 is 0 Å². The molecule has 0 atom stereocenters. The molecule has 0 radical (unpaired) electrons. The third-order valence-corrected chi connectivity index (χ3v) is 2.45. The number of aromatic amines is 1. The van der Waals surface area contributed by atoms with Gasteiger partial charge in [-0.15, -0.1) is 0 Å². The summed E-state index contributed by atoms with van der Waals surface area (Å²) >= 11 is 0. The fourth-order valence-corrected chi connectivity index (χ4v) is 1.45. The molecule has 7 nitrogen and oxygen atoms in total. The van der Waals surface area contributed by atoms with Crippen LogP contribution in [0.3, 0.4) is 0 Å². The first-order valence-corrected chi connectivity index (χ1v) is 5.80. The van der Waals surface area contributed by atoms with Crippen molar-refractivity contribution in [2.75, 3.05) is 6.54 Å². The summed E-state index contributed by atoms with van der Waals surface area (Å²) in [6.45, 7) is 0.674. The fourth-order valence-electron chi connectivity index (χ4n) is 1.45. The Balaban J connectivity index is 1.63. The molecule has 0 aliphatic carbocycles. The van der Waals surface area contributed by atoms with Crippen molar-refractivity contribution in [2.24, 2.45) is 0 Å². The molecule has 19 heavy (non-hydrogen) atoms. The van der Waals surface area contributed by atoms with Gasteiger partial charge in [0, 0.05) is 19.2 Å². The maximum Gasteiger partial charge on any atom is 0.254 e. The fraction of sp³-hybridized carbons (Fsp3) is 0.250. The van der Waals surface area contributed by atoms with Crippen LogP contribution in [0.5, 0.6) is 0 Å². The van der Waals surface area contributed by atoms with Crippen LogP contribution in [0, 0.1) is 0 Å². The molecule has 2 amide bonds. The van der Waals surface area contributed by atoms with Crippen LogP contribution in [0.4, 0.5) is 0 Å². The van der Waals surface area contributed by atoms with E-state index in [1.807, 2.05) is 0 Å². The number of H-pyrrole nitrogens is 1. The minimum atomic E-state index is -0.255. The van der Waals surface area contributed by atoms with Crippen LogP contribution in [-0.2, 0) is 11.3 Å². The second-order valence-corrected chi connectivity index (χ2v) is 3.87. The lowest BCUT2D eigenvalue weighted by Gasteiger charge is -2.04. The summed E-state index contributed by atoms with van der Waals surface area (Å²) in [6.07, 6.45) is 6.19. The molecule has 2 aromatic heterocycles. The normalized spacial score (nSPS) is 10.1. The molecule has 2 aromatic rings. The number of furan rings is 1. The van der Waals surface area contributed by atoms with Crippen LogP contribution in [-0.4, -0.2) is 28.3 Å². The van der Waals surface area contributed by atoms with Crippen molar-refractivity contribution in [2.45, 2.75) is 13.0 Å². The summed E-state index contributed by atoms with van der Waals surface area (Å²) in [7, 11) is 0. The van der Waals surface area contributed by atoms with Gasteiger partial charge in [-0.2, -0.15) is 0 Å². The molecule has 2 heterocycles. The summed E-state index contributed by atoms with van der Waals surface area (Å²) in [5, 5.41) is 5.34. The molecular weight excluding hydrogens is 248 g/mol. The quantitative estimate of drug-likeness (QED) is 0.703. The first-order chi connectivity index (χ1) is 9.25. The highest BCUT2D eigenvalue weighted by Crippen LogP contribution is 1.98. The van der Waals surface area contributed by atoms with E-state index in [-0.39, 0.29) is 24.8 Å². The minimum Gasteiger partial charge on any atom is -0.472 e. The third kappa shape index (κ3) is 3.98. The highest BCUT2D eigenvalue weighted by Gasteiger charge is 2.07. The maximum absolute atomic E-state index is 11.5. The Morgan fingerprint density at radius 1 is 1.37 bits per heavy atom. The predicted molar refractivity (Wildman–Crippen MR) is 66.1 cm³/mol. The summed E-state index contributed by atoms with van der Waals surface area (Å²) in [5.74, 6) is -0.391. The second kappa shape index (κ2) is 6.39. The number of imidazole rings is 1. The first kappa shape index (κ1) is 12.9. The van der Waals surface area contributed by atoms with Crippen LogP contribution in [0.25, 0.3) is 0 Å². The number of amides is 2. The van der Waals surface area contributed by atoms with Gasteiger partial charge < -0.3 is 20.0 Å². The number of aromatic nitrogens is 2. The van der Waals surface area contributed by atoms with Crippen molar-refractivity contribution in [3.8, 4) is 0 Å². The summed E-state index contributed by atoms with van der Waals surface area (Å²) in [6, 6.07) is 1.56. The van der Waals surface area contributed by atoms with Crippen LogP contribution >= 0.6 is 0 Å². The number of hydrogen-bond acceptors (Lipinski definition) is 4. The van der Waals surface area contributed by atoms with Gasteiger partial charge in [0.15, 0.2) is 0 Å². The Morgan fingerprint density at radius 3 is 2.95 bits per heavy atom. The molecule has 7 heteroatoms.